The van der Waals surface area contributed by atoms with E-state index in [1.807, 2.05) is 12.1 Å². The molecule has 1 amide bonds. The van der Waals surface area contributed by atoms with Crippen molar-refractivity contribution in [2.24, 2.45) is 0 Å². The molecule has 1 atom stereocenters. The fourth-order valence-electron chi connectivity index (χ4n) is 5.43. The highest BCUT2D eigenvalue weighted by atomic mass is 35.5. The Balaban J connectivity index is 1.32. The van der Waals surface area contributed by atoms with Crippen LogP contribution in [0.3, 0.4) is 0 Å². The van der Waals surface area contributed by atoms with Gasteiger partial charge in [0.25, 0.3) is 5.91 Å². The van der Waals surface area contributed by atoms with Gasteiger partial charge in [-0.25, -0.2) is 0 Å². The molecule has 39 heavy (non-hydrogen) atoms. The van der Waals surface area contributed by atoms with Crippen LogP contribution in [0, 0.1) is 0 Å². The van der Waals surface area contributed by atoms with E-state index in [0.29, 0.717) is 46.6 Å². The van der Waals surface area contributed by atoms with Gasteiger partial charge in [-0.1, -0.05) is 29.9 Å². The Morgan fingerprint density at radius 3 is 2.90 bits per heavy atom. The SMILES string of the molecule is COc1c(Cl)cccc1NC(=S)C1=C(NCc2ccncc2OCCC2CCCCO2)CC2(CCC2)NC1=O. The van der Waals surface area contributed by atoms with Crippen LogP contribution in [-0.2, 0) is 16.1 Å². The molecule has 3 aliphatic rings. The average molecular weight is 571 g/mol. The second kappa shape index (κ2) is 12.5. The monoisotopic (exact) mass is 570 g/mol. The van der Waals surface area contributed by atoms with Gasteiger partial charge in [0.1, 0.15) is 10.7 Å². The van der Waals surface area contributed by atoms with Gasteiger partial charge in [-0.2, -0.15) is 0 Å². The summed E-state index contributed by atoms with van der Waals surface area (Å²) in [6.07, 6.45) is 11.7. The highest BCUT2D eigenvalue weighted by Gasteiger charge is 2.44. The molecule has 1 aromatic heterocycles. The van der Waals surface area contributed by atoms with E-state index in [1.165, 1.54) is 6.42 Å². The number of ether oxygens (including phenoxy) is 3. The molecule has 0 bridgehead atoms. The number of carbonyl (C=O) groups is 1. The first-order valence-corrected chi connectivity index (χ1v) is 14.4. The lowest BCUT2D eigenvalue weighted by Gasteiger charge is -2.46. The van der Waals surface area contributed by atoms with Crippen LogP contribution in [0.1, 0.15) is 56.9 Å². The minimum atomic E-state index is -0.218. The molecule has 3 N–H and O–H groups in total. The molecular formula is C29H35ClN4O4S. The summed E-state index contributed by atoms with van der Waals surface area (Å²) in [6, 6.07) is 7.30. The maximum absolute atomic E-state index is 13.4. The summed E-state index contributed by atoms with van der Waals surface area (Å²) in [5.41, 5.74) is 2.59. The summed E-state index contributed by atoms with van der Waals surface area (Å²) in [6.45, 7) is 1.88. The molecule has 8 nitrogen and oxygen atoms in total. The fourth-order valence-corrected chi connectivity index (χ4v) is 6.01. The first kappa shape index (κ1) is 27.7. The smallest absolute Gasteiger partial charge is 0.256 e. The number of halogens is 1. The van der Waals surface area contributed by atoms with E-state index in [1.54, 1.807) is 31.6 Å². The van der Waals surface area contributed by atoms with Gasteiger partial charge < -0.3 is 30.2 Å². The number of amides is 1. The second-order valence-corrected chi connectivity index (χ2v) is 11.2. The van der Waals surface area contributed by atoms with Crippen LogP contribution in [0.15, 0.2) is 47.9 Å². The van der Waals surface area contributed by atoms with Crippen LogP contribution >= 0.6 is 23.8 Å². The Hall–Kier alpha value is -2.88. The number of nitrogens with one attached hydrogen (secondary N) is 3. The molecule has 2 aromatic rings. The van der Waals surface area contributed by atoms with Crippen LogP contribution in [0.4, 0.5) is 5.69 Å². The van der Waals surface area contributed by atoms with Crippen LogP contribution in [-0.4, -0.2) is 47.8 Å². The van der Waals surface area contributed by atoms with Gasteiger partial charge in [-0.3, -0.25) is 9.78 Å². The first-order valence-electron chi connectivity index (χ1n) is 13.6. The van der Waals surface area contributed by atoms with Crippen LogP contribution in [0.5, 0.6) is 11.5 Å². The van der Waals surface area contributed by atoms with Crippen LogP contribution in [0.25, 0.3) is 0 Å². The molecule has 2 aliphatic heterocycles. The maximum Gasteiger partial charge on any atom is 0.256 e. The maximum atomic E-state index is 13.4. The summed E-state index contributed by atoms with van der Waals surface area (Å²) in [4.78, 5) is 18.0. The lowest BCUT2D eigenvalue weighted by molar-refractivity contribution is -0.120. The van der Waals surface area contributed by atoms with Gasteiger partial charge in [0.15, 0.2) is 5.75 Å². The van der Waals surface area contributed by atoms with Gasteiger partial charge >= 0.3 is 0 Å². The van der Waals surface area contributed by atoms with Crippen molar-refractivity contribution in [3.8, 4) is 11.5 Å². The molecule has 1 aromatic carbocycles. The summed E-state index contributed by atoms with van der Waals surface area (Å²) in [5, 5.41) is 10.4. The number of pyridine rings is 1. The molecule has 2 fully saturated rings. The second-order valence-electron chi connectivity index (χ2n) is 10.4. The quantitative estimate of drug-likeness (QED) is 0.331. The number of hydrogen-bond donors (Lipinski definition) is 3. The van der Waals surface area contributed by atoms with Crippen molar-refractivity contribution < 1.29 is 19.0 Å². The van der Waals surface area contributed by atoms with Crippen molar-refractivity contribution in [2.75, 3.05) is 25.6 Å². The first-order chi connectivity index (χ1) is 19.0. The van der Waals surface area contributed by atoms with Gasteiger partial charge in [-0.15, -0.1) is 0 Å². The number of nitrogens with zero attached hydrogens (tertiary/aromatic N) is 1. The molecule has 1 saturated carbocycles. The van der Waals surface area contributed by atoms with Crippen molar-refractivity contribution in [3.63, 3.8) is 0 Å². The third-order valence-electron chi connectivity index (χ3n) is 7.71. The molecule has 1 saturated heterocycles. The van der Waals surface area contributed by atoms with E-state index in [2.05, 4.69) is 20.9 Å². The molecule has 208 valence electrons. The summed E-state index contributed by atoms with van der Waals surface area (Å²) < 4.78 is 17.4. The van der Waals surface area contributed by atoms with E-state index >= 15 is 0 Å². The van der Waals surface area contributed by atoms with Crippen molar-refractivity contribution in [2.45, 2.75) is 69.6 Å². The van der Waals surface area contributed by atoms with E-state index in [9.17, 15) is 4.79 Å². The highest BCUT2D eigenvalue weighted by Crippen LogP contribution is 2.41. The van der Waals surface area contributed by atoms with Crippen LogP contribution in [0.2, 0.25) is 5.02 Å². The molecule has 1 unspecified atom stereocenters. The number of thiocarbonyl (C=S) groups is 1. The van der Waals surface area contributed by atoms with E-state index < -0.39 is 0 Å². The van der Waals surface area contributed by atoms with E-state index in [4.69, 9.17) is 38.0 Å². The Kier molecular flexibility index (Phi) is 8.89. The molecular weight excluding hydrogens is 536 g/mol. The zero-order valence-electron chi connectivity index (χ0n) is 22.2. The van der Waals surface area contributed by atoms with Crippen molar-refractivity contribution in [1.29, 1.82) is 0 Å². The molecule has 5 rings (SSSR count). The molecule has 3 heterocycles. The Bertz CT molecular complexity index is 1240. The Labute approximate surface area is 239 Å². The largest absolute Gasteiger partial charge is 0.493 e. The van der Waals surface area contributed by atoms with Gasteiger partial charge in [0, 0.05) is 49.0 Å². The summed E-state index contributed by atoms with van der Waals surface area (Å²) >= 11 is 12.0. The van der Waals surface area contributed by atoms with Gasteiger partial charge in [0.2, 0.25) is 0 Å². The van der Waals surface area contributed by atoms with Gasteiger partial charge in [-0.05, 0) is 56.7 Å². The molecule has 0 radical (unpaired) electrons. The number of benzene rings is 1. The van der Waals surface area contributed by atoms with E-state index in [0.717, 1.165) is 62.1 Å². The normalized spacial score (nSPS) is 20.2. The number of anilines is 1. The minimum absolute atomic E-state index is 0.180. The zero-order chi connectivity index (χ0) is 27.2. The number of rotatable bonds is 10. The Morgan fingerprint density at radius 1 is 1.28 bits per heavy atom. The summed E-state index contributed by atoms with van der Waals surface area (Å²) in [7, 11) is 1.55. The zero-order valence-corrected chi connectivity index (χ0v) is 23.8. The predicted molar refractivity (Wildman–Crippen MR) is 155 cm³/mol. The minimum Gasteiger partial charge on any atom is -0.493 e. The number of hydrogen-bond acceptors (Lipinski definition) is 7. The third-order valence-corrected chi connectivity index (χ3v) is 8.32. The van der Waals surface area contributed by atoms with Crippen molar-refractivity contribution in [1.82, 2.24) is 15.6 Å². The fraction of sp³-hybridized carbons (Fsp3) is 0.483. The molecule has 10 heteroatoms. The van der Waals surface area contributed by atoms with E-state index in [-0.39, 0.29) is 17.6 Å². The molecule has 1 aliphatic carbocycles. The number of para-hydroxylation sites is 1. The highest BCUT2D eigenvalue weighted by molar-refractivity contribution is 7.81. The average Bonchev–Trinajstić information content (AvgIpc) is 2.92. The molecule has 1 spiro atoms. The Morgan fingerprint density at radius 2 is 2.15 bits per heavy atom. The summed E-state index contributed by atoms with van der Waals surface area (Å²) in [5.74, 6) is 1.02. The van der Waals surface area contributed by atoms with Crippen molar-refractivity contribution >= 4 is 40.4 Å². The number of aromatic nitrogens is 1. The topological polar surface area (TPSA) is 93.7 Å². The predicted octanol–water partition coefficient (Wildman–Crippen LogP) is 5.31. The number of methoxy groups -OCH3 is 1. The lowest BCUT2D eigenvalue weighted by Crippen LogP contribution is -2.58. The third kappa shape index (κ3) is 6.48. The van der Waals surface area contributed by atoms with Crippen LogP contribution < -0.4 is 25.4 Å². The van der Waals surface area contributed by atoms with Crippen molar-refractivity contribution in [3.05, 3.63) is 58.5 Å². The number of carbonyl (C=O) groups excluding carboxylic acids is 1. The van der Waals surface area contributed by atoms with Gasteiger partial charge in [0.05, 0.1) is 42.3 Å². The standard InChI is InChI=1S/C29H35ClN4O4S/c1-36-26-21(30)7-4-8-22(26)33-28(39)25-23(16-29(11-5-12-29)34-27(25)35)32-17-19-9-13-31-18-24(19)38-15-10-20-6-2-3-14-37-20/h4,7-9,13,18,20,32H,2-3,5-6,10-12,14-17H2,1H3,(H,33,39)(H,34,35). The lowest BCUT2D eigenvalue weighted by atomic mass is 9.71.